The molecule has 10 nitrogen and oxygen atoms in total. The van der Waals surface area contributed by atoms with Gasteiger partial charge in [0.05, 0.1) is 16.7 Å². The highest BCUT2D eigenvalue weighted by Gasteiger charge is 2.23. The molecule has 4 N–H and O–H groups in total. The van der Waals surface area contributed by atoms with Crippen LogP contribution >= 0.6 is 0 Å². The zero-order valence-electron chi connectivity index (χ0n) is 8.47. The average Bonchev–Trinajstić information content (AvgIpc) is 2.28. The lowest BCUT2D eigenvalue weighted by molar-refractivity contribution is 0.0632. The van der Waals surface area contributed by atoms with Gasteiger partial charge in [0.15, 0.2) is 5.34 Å². The molecule has 10 heteroatoms. The van der Waals surface area contributed by atoms with Gasteiger partial charge in [0.1, 0.15) is 0 Å². The topological polar surface area (TPSA) is 174 Å². The fourth-order valence-corrected chi connectivity index (χ4v) is 1.02. The van der Waals surface area contributed by atoms with Gasteiger partial charge in [-0.3, -0.25) is 4.98 Å². The van der Waals surface area contributed by atoms with E-state index in [-0.39, 0.29) is 0 Å². The Morgan fingerprint density at radius 1 is 0.944 bits per heavy atom. The molecule has 0 fully saturated rings. The van der Waals surface area contributed by atoms with Crippen LogP contribution in [-0.4, -0.2) is 43.4 Å². The average molecular weight is 258 g/mol. The Kier molecular flexibility index (Phi) is 5.42. The Labute approximate surface area is 98.1 Å². The smallest absolute Gasteiger partial charge is 0.338 e. The van der Waals surface area contributed by atoms with E-state index in [0.29, 0.717) is 0 Å². The summed E-state index contributed by atoms with van der Waals surface area (Å²) in [6.07, 6.45) is 1.58. The van der Waals surface area contributed by atoms with Crippen LogP contribution in [0.2, 0.25) is 0 Å². The molecule has 0 aliphatic carbocycles. The number of carboxylic acids is 3. The van der Waals surface area contributed by atoms with Gasteiger partial charge in [0, 0.05) is 12.4 Å². The fraction of sp³-hybridized carbons (Fsp3) is 0. The van der Waals surface area contributed by atoms with Crippen LogP contribution < -0.4 is 0 Å². The summed E-state index contributed by atoms with van der Waals surface area (Å²) in [4.78, 5) is 43.4. The fourth-order valence-electron chi connectivity index (χ4n) is 1.02. The van der Waals surface area contributed by atoms with Crippen LogP contribution in [0.15, 0.2) is 17.7 Å². The third-order valence-electron chi connectivity index (χ3n) is 1.62. The van der Waals surface area contributed by atoms with Crippen LogP contribution in [-0.2, 0) is 0 Å². The minimum Gasteiger partial charge on any atom is -0.478 e. The first kappa shape index (κ1) is 15.0. The highest BCUT2D eigenvalue weighted by molar-refractivity contribution is 6.08. The van der Waals surface area contributed by atoms with Crippen molar-refractivity contribution in [1.82, 2.24) is 4.98 Å². The molecular formula is C8H6N2O8. The summed E-state index contributed by atoms with van der Waals surface area (Å²) < 4.78 is 0. The predicted octanol–water partition coefficient (Wildman–Crippen LogP) is 0.318. The summed E-state index contributed by atoms with van der Waals surface area (Å²) in [5.74, 6) is -4.70. The lowest BCUT2D eigenvalue weighted by Gasteiger charge is -2.03. The highest BCUT2D eigenvalue weighted by Crippen LogP contribution is 2.13. The van der Waals surface area contributed by atoms with E-state index < -0.39 is 34.6 Å². The van der Waals surface area contributed by atoms with E-state index in [2.05, 4.69) is 4.98 Å². The Morgan fingerprint density at radius 2 is 1.28 bits per heavy atom. The van der Waals surface area contributed by atoms with E-state index in [1.165, 1.54) is 5.34 Å². The summed E-state index contributed by atoms with van der Waals surface area (Å²) in [5, 5.41) is 33.8. The van der Waals surface area contributed by atoms with Crippen LogP contribution in [0, 0.1) is 4.91 Å². The van der Waals surface area contributed by atoms with Gasteiger partial charge < -0.3 is 20.5 Å². The number of pyridine rings is 1. The molecule has 0 amide bonds. The largest absolute Gasteiger partial charge is 0.478 e. The lowest BCUT2D eigenvalue weighted by Crippen LogP contribution is -2.15. The molecule has 0 radical (unpaired) electrons. The number of carbonyl (C=O) groups is 3. The molecule has 96 valence electrons. The van der Waals surface area contributed by atoms with Crippen LogP contribution in [0.5, 0.6) is 0 Å². The highest BCUT2D eigenvalue weighted by atomic mass is 16.6. The second kappa shape index (κ2) is 6.52. The minimum absolute atomic E-state index is 0.651. The van der Waals surface area contributed by atoms with Gasteiger partial charge in [0.2, 0.25) is 0 Å². The van der Waals surface area contributed by atoms with E-state index in [1.807, 2.05) is 0 Å². The van der Waals surface area contributed by atoms with Crippen molar-refractivity contribution in [3.05, 3.63) is 34.0 Å². The molecule has 18 heavy (non-hydrogen) atoms. The Hall–Kier alpha value is -3.04. The molecule has 0 unspecified atom stereocenters. The first-order chi connectivity index (χ1) is 8.36. The molecule has 0 aliphatic rings. The number of hydrogen-bond acceptors (Lipinski definition) is 6. The standard InChI is InChI=1S/C8H5NO6.HNO2/c10-6(11)3-1-9-2-4(7(12)13)5(3)8(14)15;2-1-3/h1-2H,(H,10,11)(H,12,13)(H,14,15);(H,2,3). The zero-order chi connectivity index (χ0) is 14.3. The minimum atomic E-state index is -1.62. The second-order valence-electron chi connectivity index (χ2n) is 2.61. The summed E-state index contributed by atoms with van der Waals surface area (Å²) >= 11 is 0. The molecule has 1 heterocycles. The maximum absolute atomic E-state index is 10.7. The van der Waals surface area contributed by atoms with E-state index in [0.717, 1.165) is 12.4 Å². The summed E-state index contributed by atoms with van der Waals surface area (Å²) in [5.41, 5.74) is -2.07. The van der Waals surface area contributed by atoms with Gasteiger partial charge in [-0.2, -0.15) is 0 Å². The number of carboxylic acid groups (broad SMARTS) is 3. The molecule has 0 atom stereocenters. The van der Waals surface area contributed by atoms with Crippen molar-refractivity contribution in [3.8, 4) is 0 Å². The number of rotatable bonds is 3. The molecule has 1 rings (SSSR count). The SMILES string of the molecule is O=C(O)c1cncc(C(=O)O)c1C(=O)O.O=NO. The van der Waals surface area contributed by atoms with E-state index in [9.17, 15) is 14.4 Å². The van der Waals surface area contributed by atoms with Gasteiger partial charge in [-0.25, -0.2) is 14.4 Å². The van der Waals surface area contributed by atoms with E-state index in [4.69, 9.17) is 25.4 Å². The van der Waals surface area contributed by atoms with Crippen molar-refractivity contribution < 1.29 is 34.9 Å². The maximum Gasteiger partial charge on any atom is 0.338 e. The Balaban J connectivity index is 0.000000873. The van der Waals surface area contributed by atoms with Gasteiger partial charge in [-0.05, 0) is 0 Å². The zero-order valence-corrected chi connectivity index (χ0v) is 8.47. The molecule has 1 aromatic rings. The monoisotopic (exact) mass is 258 g/mol. The third-order valence-corrected chi connectivity index (χ3v) is 1.62. The van der Waals surface area contributed by atoms with Crippen LogP contribution in [0.1, 0.15) is 31.1 Å². The molecule has 0 spiro atoms. The molecule has 1 aromatic heterocycles. The van der Waals surface area contributed by atoms with Gasteiger partial charge >= 0.3 is 17.9 Å². The van der Waals surface area contributed by atoms with Gasteiger partial charge in [0.25, 0.3) is 0 Å². The number of nitrogens with zero attached hydrogens (tertiary/aromatic N) is 2. The molecular weight excluding hydrogens is 252 g/mol. The predicted molar refractivity (Wildman–Crippen MR) is 52.7 cm³/mol. The van der Waals surface area contributed by atoms with Crippen LogP contribution in [0.25, 0.3) is 0 Å². The first-order valence-corrected chi connectivity index (χ1v) is 4.01. The first-order valence-electron chi connectivity index (χ1n) is 4.01. The van der Waals surface area contributed by atoms with Crippen molar-refractivity contribution in [2.24, 2.45) is 5.34 Å². The summed E-state index contributed by atoms with van der Waals surface area (Å²) in [7, 11) is 0. The van der Waals surface area contributed by atoms with Crippen LogP contribution in [0.4, 0.5) is 0 Å². The summed E-state index contributed by atoms with van der Waals surface area (Å²) in [6, 6.07) is 0. The van der Waals surface area contributed by atoms with E-state index >= 15 is 0 Å². The summed E-state index contributed by atoms with van der Waals surface area (Å²) in [6.45, 7) is 0. The van der Waals surface area contributed by atoms with Crippen molar-refractivity contribution in [2.75, 3.05) is 0 Å². The Bertz CT molecular complexity index is 466. The quantitative estimate of drug-likeness (QED) is 0.439. The number of aromatic carboxylic acids is 3. The number of aromatic nitrogens is 1. The number of hydrogen-bond donors (Lipinski definition) is 4. The van der Waals surface area contributed by atoms with Crippen molar-refractivity contribution >= 4 is 17.9 Å². The van der Waals surface area contributed by atoms with Gasteiger partial charge in [-0.1, -0.05) is 0 Å². The van der Waals surface area contributed by atoms with Gasteiger partial charge in [-0.15, -0.1) is 4.91 Å². The van der Waals surface area contributed by atoms with Crippen molar-refractivity contribution in [1.29, 1.82) is 0 Å². The van der Waals surface area contributed by atoms with Crippen LogP contribution in [0.3, 0.4) is 0 Å². The van der Waals surface area contributed by atoms with Crippen molar-refractivity contribution in [3.63, 3.8) is 0 Å². The molecule has 0 bridgehead atoms. The maximum atomic E-state index is 10.7. The Morgan fingerprint density at radius 3 is 1.50 bits per heavy atom. The normalized spacial score (nSPS) is 8.67. The molecule has 0 aliphatic heterocycles. The lowest BCUT2D eigenvalue weighted by atomic mass is 10.0. The molecule has 0 saturated carbocycles. The molecule has 0 aromatic carbocycles. The van der Waals surface area contributed by atoms with Crippen molar-refractivity contribution in [2.45, 2.75) is 0 Å². The van der Waals surface area contributed by atoms with E-state index in [1.54, 1.807) is 0 Å². The second-order valence-corrected chi connectivity index (χ2v) is 2.61. The molecule has 0 saturated heterocycles. The third kappa shape index (κ3) is 3.52.